The lowest BCUT2D eigenvalue weighted by Crippen LogP contribution is -2.22. The molecule has 1 aromatic carbocycles. The van der Waals surface area contributed by atoms with E-state index in [0.717, 1.165) is 0 Å². The minimum Gasteiger partial charge on any atom is -0.466 e. The van der Waals surface area contributed by atoms with Crippen LogP contribution in [0.3, 0.4) is 0 Å². The van der Waals surface area contributed by atoms with Gasteiger partial charge in [-0.15, -0.1) is 0 Å². The van der Waals surface area contributed by atoms with Crippen LogP contribution in [0.15, 0.2) is 24.3 Å². The second kappa shape index (κ2) is 7.95. The lowest BCUT2D eigenvalue weighted by atomic mass is 9.99. The molecule has 3 nitrogen and oxygen atoms in total. The second-order valence-electron chi connectivity index (χ2n) is 5.05. The van der Waals surface area contributed by atoms with Gasteiger partial charge in [0.2, 0.25) is 0 Å². The van der Waals surface area contributed by atoms with E-state index in [4.69, 9.17) is 4.74 Å². The zero-order valence-electron chi connectivity index (χ0n) is 12.4. The van der Waals surface area contributed by atoms with Crippen LogP contribution < -0.4 is 5.32 Å². The summed E-state index contributed by atoms with van der Waals surface area (Å²) >= 11 is 0. The van der Waals surface area contributed by atoms with E-state index >= 15 is 0 Å². The van der Waals surface area contributed by atoms with Crippen molar-refractivity contribution in [1.82, 2.24) is 5.32 Å². The van der Waals surface area contributed by atoms with Crippen LogP contribution in [0.4, 0.5) is 0 Å². The van der Waals surface area contributed by atoms with E-state index in [9.17, 15) is 4.79 Å². The molecule has 1 unspecified atom stereocenters. The van der Waals surface area contributed by atoms with Gasteiger partial charge in [-0.2, -0.15) is 0 Å². The molecule has 1 aromatic rings. The van der Waals surface area contributed by atoms with Crippen molar-refractivity contribution >= 4 is 5.97 Å². The molecule has 0 fully saturated rings. The highest BCUT2D eigenvalue weighted by Crippen LogP contribution is 2.18. The highest BCUT2D eigenvalue weighted by atomic mass is 16.5. The summed E-state index contributed by atoms with van der Waals surface area (Å²) in [7, 11) is 0. The van der Waals surface area contributed by atoms with Crippen molar-refractivity contribution in [2.45, 2.75) is 46.1 Å². The molecule has 1 N–H and O–H groups in total. The summed E-state index contributed by atoms with van der Waals surface area (Å²) in [6.07, 6.45) is 0.419. The molecule has 1 rings (SSSR count). The maximum Gasteiger partial charge on any atom is 0.307 e. The first-order chi connectivity index (χ1) is 9.04. The van der Waals surface area contributed by atoms with Crippen molar-refractivity contribution in [3.8, 4) is 0 Å². The zero-order valence-corrected chi connectivity index (χ0v) is 12.4. The normalized spacial score (nSPS) is 12.5. The van der Waals surface area contributed by atoms with E-state index in [1.54, 1.807) is 0 Å². The van der Waals surface area contributed by atoms with Gasteiger partial charge in [-0.1, -0.05) is 38.1 Å². The monoisotopic (exact) mass is 263 g/mol. The Bertz CT molecular complexity index is 384. The number of hydrogen-bond acceptors (Lipinski definition) is 3. The average molecular weight is 263 g/mol. The Hall–Kier alpha value is -1.35. The van der Waals surface area contributed by atoms with E-state index in [0.29, 0.717) is 25.5 Å². The Kier molecular flexibility index (Phi) is 6.57. The SMILES string of the molecule is CCOC(=O)CCNC(C)c1ccc(C(C)C)cc1. The Balaban J connectivity index is 2.40. The van der Waals surface area contributed by atoms with Crippen molar-refractivity contribution < 1.29 is 9.53 Å². The van der Waals surface area contributed by atoms with Gasteiger partial charge in [-0.25, -0.2) is 0 Å². The Morgan fingerprint density at radius 3 is 2.26 bits per heavy atom. The maximum atomic E-state index is 11.2. The molecule has 0 heterocycles. The predicted molar refractivity (Wildman–Crippen MR) is 78.2 cm³/mol. The number of esters is 1. The number of benzene rings is 1. The largest absolute Gasteiger partial charge is 0.466 e. The highest BCUT2D eigenvalue weighted by molar-refractivity contribution is 5.69. The molecule has 0 radical (unpaired) electrons. The fourth-order valence-corrected chi connectivity index (χ4v) is 1.91. The van der Waals surface area contributed by atoms with Crippen LogP contribution in [0.1, 0.15) is 57.2 Å². The molecule has 19 heavy (non-hydrogen) atoms. The quantitative estimate of drug-likeness (QED) is 0.766. The molecule has 0 aliphatic heterocycles. The standard InChI is InChI=1S/C16H25NO2/c1-5-19-16(18)10-11-17-13(4)15-8-6-14(7-9-15)12(2)3/h6-9,12-13,17H,5,10-11H2,1-4H3. The van der Waals surface area contributed by atoms with E-state index in [2.05, 4.69) is 50.4 Å². The first kappa shape index (κ1) is 15.7. The van der Waals surface area contributed by atoms with E-state index in [1.165, 1.54) is 11.1 Å². The summed E-state index contributed by atoms with van der Waals surface area (Å²) in [5, 5.41) is 3.34. The van der Waals surface area contributed by atoms with Crippen LogP contribution in [-0.2, 0) is 9.53 Å². The number of rotatable bonds is 7. The van der Waals surface area contributed by atoms with Gasteiger partial charge in [0, 0.05) is 12.6 Å². The number of carbonyl (C=O) groups excluding carboxylic acids is 1. The third-order valence-electron chi connectivity index (χ3n) is 3.19. The topological polar surface area (TPSA) is 38.3 Å². The Morgan fingerprint density at radius 2 is 1.74 bits per heavy atom. The minimum atomic E-state index is -0.141. The second-order valence-corrected chi connectivity index (χ2v) is 5.05. The first-order valence-electron chi connectivity index (χ1n) is 7.03. The molecule has 0 aliphatic carbocycles. The van der Waals surface area contributed by atoms with Crippen molar-refractivity contribution in [1.29, 1.82) is 0 Å². The van der Waals surface area contributed by atoms with Crippen molar-refractivity contribution in [3.05, 3.63) is 35.4 Å². The fourth-order valence-electron chi connectivity index (χ4n) is 1.91. The lowest BCUT2D eigenvalue weighted by molar-refractivity contribution is -0.143. The molecular weight excluding hydrogens is 238 g/mol. The van der Waals surface area contributed by atoms with Gasteiger partial charge in [-0.3, -0.25) is 4.79 Å². The van der Waals surface area contributed by atoms with Gasteiger partial charge in [0.1, 0.15) is 0 Å². The highest BCUT2D eigenvalue weighted by Gasteiger charge is 2.07. The van der Waals surface area contributed by atoms with Crippen molar-refractivity contribution in [2.75, 3.05) is 13.2 Å². The smallest absolute Gasteiger partial charge is 0.307 e. The molecule has 0 aromatic heterocycles. The zero-order chi connectivity index (χ0) is 14.3. The molecule has 0 spiro atoms. The van der Waals surface area contributed by atoms with Crippen LogP contribution in [0.5, 0.6) is 0 Å². The Morgan fingerprint density at radius 1 is 1.16 bits per heavy atom. The molecular formula is C16H25NO2. The lowest BCUT2D eigenvalue weighted by Gasteiger charge is -2.15. The van der Waals surface area contributed by atoms with Crippen LogP contribution in [0.2, 0.25) is 0 Å². The fraction of sp³-hybridized carbons (Fsp3) is 0.562. The van der Waals surface area contributed by atoms with Gasteiger partial charge in [0.15, 0.2) is 0 Å². The number of hydrogen-bond donors (Lipinski definition) is 1. The van der Waals surface area contributed by atoms with Crippen LogP contribution in [0, 0.1) is 0 Å². The molecule has 0 saturated carbocycles. The molecule has 0 saturated heterocycles. The van der Waals surface area contributed by atoms with Crippen LogP contribution >= 0.6 is 0 Å². The number of ether oxygens (including phenoxy) is 1. The van der Waals surface area contributed by atoms with Gasteiger partial charge in [0.05, 0.1) is 13.0 Å². The van der Waals surface area contributed by atoms with Gasteiger partial charge >= 0.3 is 5.97 Å². The van der Waals surface area contributed by atoms with Crippen LogP contribution in [-0.4, -0.2) is 19.1 Å². The third kappa shape index (κ3) is 5.43. The van der Waals surface area contributed by atoms with Crippen LogP contribution in [0.25, 0.3) is 0 Å². The molecule has 106 valence electrons. The summed E-state index contributed by atoms with van der Waals surface area (Å²) in [4.78, 5) is 11.2. The van der Waals surface area contributed by atoms with E-state index in [-0.39, 0.29) is 12.0 Å². The number of nitrogens with one attached hydrogen (secondary N) is 1. The summed E-state index contributed by atoms with van der Waals surface area (Å²) in [6.45, 7) is 9.41. The van der Waals surface area contributed by atoms with Crippen molar-refractivity contribution in [3.63, 3.8) is 0 Å². The first-order valence-corrected chi connectivity index (χ1v) is 7.03. The van der Waals surface area contributed by atoms with Gasteiger partial charge in [0.25, 0.3) is 0 Å². The summed E-state index contributed by atoms with van der Waals surface area (Å²) in [5.41, 5.74) is 2.59. The third-order valence-corrected chi connectivity index (χ3v) is 3.19. The Labute approximate surface area is 116 Å². The molecule has 3 heteroatoms. The molecule has 1 atom stereocenters. The molecule has 0 amide bonds. The van der Waals surface area contributed by atoms with Crippen molar-refractivity contribution in [2.24, 2.45) is 0 Å². The van der Waals surface area contributed by atoms with E-state index in [1.807, 2.05) is 6.92 Å². The van der Waals surface area contributed by atoms with Gasteiger partial charge < -0.3 is 10.1 Å². The predicted octanol–water partition coefficient (Wildman–Crippen LogP) is 3.41. The summed E-state index contributed by atoms with van der Waals surface area (Å²) < 4.78 is 4.89. The summed E-state index contributed by atoms with van der Waals surface area (Å²) in [5.74, 6) is 0.415. The summed E-state index contributed by atoms with van der Waals surface area (Å²) in [6, 6.07) is 8.89. The minimum absolute atomic E-state index is 0.141. The average Bonchev–Trinajstić information content (AvgIpc) is 2.39. The molecule has 0 aliphatic rings. The number of carbonyl (C=O) groups is 1. The molecule has 0 bridgehead atoms. The maximum absolute atomic E-state index is 11.2. The van der Waals surface area contributed by atoms with E-state index < -0.39 is 0 Å². The van der Waals surface area contributed by atoms with Gasteiger partial charge in [-0.05, 0) is 30.9 Å².